The third kappa shape index (κ3) is 3.67. The monoisotopic (exact) mass is 363 g/mol. The van der Waals surface area contributed by atoms with Crippen molar-refractivity contribution in [2.24, 2.45) is 0 Å². The molecule has 0 aliphatic carbocycles. The number of rotatable bonds is 6. The number of hydrogen-bond acceptors (Lipinski definition) is 4. The molecule has 0 spiro atoms. The Morgan fingerprint density at radius 3 is 2.59 bits per heavy atom. The van der Waals surface area contributed by atoms with Crippen LogP contribution in [0.15, 0.2) is 66.7 Å². The molecule has 138 valence electrons. The fraction of sp³-hybridized carbons (Fsp3) is 0.227. The number of carbonyl (C=O) groups excluding carboxylic acids is 1. The molecule has 3 aromatic rings. The lowest BCUT2D eigenvalue weighted by Gasteiger charge is -2.14. The highest BCUT2D eigenvalue weighted by molar-refractivity contribution is 5.90. The van der Waals surface area contributed by atoms with Crippen molar-refractivity contribution in [2.45, 2.75) is 13.0 Å². The van der Waals surface area contributed by atoms with Crippen molar-refractivity contribution in [2.75, 3.05) is 24.7 Å². The zero-order valence-electron chi connectivity index (χ0n) is 15.1. The Kier molecular flexibility index (Phi) is 4.83. The fourth-order valence-corrected chi connectivity index (χ4v) is 3.21. The molecule has 1 saturated heterocycles. The second-order valence-corrected chi connectivity index (χ2v) is 6.33. The molecule has 1 fully saturated rings. The molecule has 5 heteroatoms. The summed E-state index contributed by atoms with van der Waals surface area (Å²) < 4.78 is 16.9. The van der Waals surface area contributed by atoms with Gasteiger partial charge in [0.1, 0.15) is 18.1 Å². The Morgan fingerprint density at radius 1 is 1.00 bits per heavy atom. The first-order valence-corrected chi connectivity index (χ1v) is 9.06. The molecule has 27 heavy (non-hydrogen) atoms. The normalized spacial score (nSPS) is 16.4. The van der Waals surface area contributed by atoms with Gasteiger partial charge in [0.15, 0.2) is 6.10 Å². The van der Waals surface area contributed by atoms with Crippen molar-refractivity contribution >= 4 is 22.6 Å². The second-order valence-electron chi connectivity index (χ2n) is 6.33. The van der Waals surface area contributed by atoms with Gasteiger partial charge in [0, 0.05) is 11.1 Å². The topological polar surface area (TPSA) is 48.0 Å². The molecule has 1 unspecified atom stereocenters. The van der Waals surface area contributed by atoms with E-state index in [9.17, 15) is 4.79 Å². The maximum atomic E-state index is 12.2. The summed E-state index contributed by atoms with van der Waals surface area (Å²) in [5, 5.41) is 2.17. The van der Waals surface area contributed by atoms with E-state index in [1.807, 2.05) is 73.7 Å². The number of fused-ring (bicyclic) bond motifs is 1. The van der Waals surface area contributed by atoms with Crippen molar-refractivity contribution in [3.05, 3.63) is 66.7 Å². The molecule has 3 aromatic carbocycles. The molecule has 5 nitrogen and oxygen atoms in total. The Morgan fingerprint density at radius 2 is 1.78 bits per heavy atom. The summed E-state index contributed by atoms with van der Waals surface area (Å²) in [6.45, 7) is 3.32. The third-order valence-corrected chi connectivity index (χ3v) is 4.51. The minimum Gasteiger partial charge on any atom is -0.494 e. The summed E-state index contributed by atoms with van der Waals surface area (Å²) >= 11 is 0. The summed E-state index contributed by atoms with van der Waals surface area (Å²) in [7, 11) is 0. The molecule has 1 aliphatic heterocycles. The first-order valence-electron chi connectivity index (χ1n) is 9.06. The van der Waals surface area contributed by atoms with E-state index < -0.39 is 0 Å². The van der Waals surface area contributed by atoms with Gasteiger partial charge in [-0.05, 0) is 42.6 Å². The molecule has 1 aliphatic rings. The molecular weight excluding hydrogens is 342 g/mol. The highest BCUT2D eigenvalue weighted by Gasteiger charge is 2.32. The van der Waals surface area contributed by atoms with Crippen LogP contribution in [0.1, 0.15) is 6.92 Å². The van der Waals surface area contributed by atoms with Crippen LogP contribution < -0.4 is 14.4 Å². The quantitative estimate of drug-likeness (QED) is 0.640. The number of benzene rings is 3. The lowest BCUT2D eigenvalue weighted by molar-refractivity contribution is 0.105. The minimum atomic E-state index is -0.356. The average molecular weight is 363 g/mol. The number of nitrogens with zero attached hydrogens (tertiary/aromatic N) is 1. The van der Waals surface area contributed by atoms with Crippen LogP contribution in [0, 0.1) is 0 Å². The highest BCUT2D eigenvalue weighted by Crippen LogP contribution is 2.27. The van der Waals surface area contributed by atoms with Gasteiger partial charge >= 0.3 is 6.09 Å². The van der Waals surface area contributed by atoms with Gasteiger partial charge in [-0.1, -0.05) is 36.4 Å². The van der Waals surface area contributed by atoms with Crippen LogP contribution in [0.25, 0.3) is 10.8 Å². The van der Waals surface area contributed by atoms with Gasteiger partial charge in [0.25, 0.3) is 0 Å². The van der Waals surface area contributed by atoms with Crippen molar-refractivity contribution in [1.82, 2.24) is 0 Å². The molecule has 4 rings (SSSR count). The smallest absolute Gasteiger partial charge is 0.414 e. The van der Waals surface area contributed by atoms with Crippen LogP contribution in [0.3, 0.4) is 0 Å². The number of hydrogen-bond donors (Lipinski definition) is 0. The highest BCUT2D eigenvalue weighted by atomic mass is 16.6. The van der Waals surface area contributed by atoms with E-state index in [0.29, 0.717) is 19.8 Å². The Bertz CT molecular complexity index is 933. The van der Waals surface area contributed by atoms with Gasteiger partial charge in [0.05, 0.1) is 13.2 Å². The number of ether oxygens (including phenoxy) is 3. The molecule has 0 N–H and O–H groups in total. The van der Waals surface area contributed by atoms with Gasteiger partial charge in [-0.2, -0.15) is 0 Å². The first-order chi connectivity index (χ1) is 13.2. The van der Waals surface area contributed by atoms with Gasteiger partial charge in [0.2, 0.25) is 0 Å². The molecule has 1 atom stereocenters. The summed E-state index contributed by atoms with van der Waals surface area (Å²) in [5.74, 6) is 1.58. The second kappa shape index (κ2) is 7.58. The fourth-order valence-electron chi connectivity index (χ4n) is 3.21. The molecule has 0 saturated carbocycles. The average Bonchev–Trinajstić information content (AvgIpc) is 3.08. The number of amides is 1. The Labute approximate surface area is 158 Å². The van der Waals surface area contributed by atoms with Crippen LogP contribution in [-0.2, 0) is 4.74 Å². The van der Waals surface area contributed by atoms with E-state index in [1.165, 1.54) is 0 Å². The third-order valence-electron chi connectivity index (χ3n) is 4.51. The van der Waals surface area contributed by atoms with Crippen molar-refractivity contribution in [3.63, 3.8) is 0 Å². The first kappa shape index (κ1) is 17.2. The van der Waals surface area contributed by atoms with Crippen LogP contribution in [0.2, 0.25) is 0 Å². The lowest BCUT2D eigenvalue weighted by Crippen LogP contribution is -2.26. The summed E-state index contributed by atoms with van der Waals surface area (Å²) in [6.07, 6.45) is -0.672. The standard InChI is InChI=1S/C22H21NO4/c1-2-25-18-12-10-17(11-13-18)23-14-19(27-22(23)24)15-26-21-9-5-7-16-6-3-4-8-20(16)21/h3-13,19H,2,14-15H2,1H3. The van der Waals surface area contributed by atoms with Crippen LogP contribution in [-0.4, -0.2) is 32.0 Å². The van der Waals surface area contributed by atoms with Crippen molar-refractivity contribution in [3.8, 4) is 11.5 Å². The maximum Gasteiger partial charge on any atom is 0.414 e. The SMILES string of the molecule is CCOc1ccc(N2CC(COc3cccc4ccccc34)OC2=O)cc1. The van der Waals surface area contributed by atoms with E-state index in [1.54, 1.807) is 4.90 Å². The summed E-state index contributed by atoms with van der Waals surface area (Å²) in [4.78, 5) is 13.9. The summed E-state index contributed by atoms with van der Waals surface area (Å²) in [5.41, 5.74) is 0.788. The zero-order chi connectivity index (χ0) is 18.6. The van der Waals surface area contributed by atoms with E-state index in [0.717, 1.165) is 28.0 Å². The molecule has 1 heterocycles. The number of cyclic esters (lactones) is 1. The molecule has 0 radical (unpaired) electrons. The predicted molar refractivity (Wildman–Crippen MR) is 105 cm³/mol. The molecule has 1 amide bonds. The Balaban J connectivity index is 1.42. The number of carbonyl (C=O) groups is 1. The molecular formula is C22H21NO4. The van der Waals surface area contributed by atoms with Gasteiger partial charge in [-0.15, -0.1) is 0 Å². The summed E-state index contributed by atoms with van der Waals surface area (Å²) in [6, 6.07) is 21.4. The number of anilines is 1. The van der Waals surface area contributed by atoms with Crippen molar-refractivity contribution < 1.29 is 19.0 Å². The van der Waals surface area contributed by atoms with Gasteiger partial charge in [-0.3, -0.25) is 4.90 Å². The van der Waals surface area contributed by atoms with E-state index in [4.69, 9.17) is 14.2 Å². The van der Waals surface area contributed by atoms with E-state index >= 15 is 0 Å². The van der Waals surface area contributed by atoms with Crippen LogP contribution in [0.5, 0.6) is 11.5 Å². The minimum absolute atomic E-state index is 0.313. The molecule has 0 aromatic heterocycles. The zero-order valence-corrected chi connectivity index (χ0v) is 15.1. The molecule has 0 bridgehead atoms. The van der Waals surface area contributed by atoms with E-state index in [2.05, 4.69) is 0 Å². The van der Waals surface area contributed by atoms with Crippen LogP contribution >= 0.6 is 0 Å². The largest absolute Gasteiger partial charge is 0.494 e. The lowest BCUT2D eigenvalue weighted by atomic mass is 10.1. The van der Waals surface area contributed by atoms with Crippen LogP contribution in [0.4, 0.5) is 10.5 Å². The van der Waals surface area contributed by atoms with Crippen molar-refractivity contribution in [1.29, 1.82) is 0 Å². The Hall–Kier alpha value is -3.21. The van der Waals surface area contributed by atoms with Gasteiger partial charge in [-0.25, -0.2) is 4.79 Å². The predicted octanol–water partition coefficient (Wildman–Crippen LogP) is 4.64. The maximum absolute atomic E-state index is 12.2. The van der Waals surface area contributed by atoms with Gasteiger partial charge < -0.3 is 14.2 Å². The van der Waals surface area contributed by atoms with E-state index in [-0.39, 0.29) is 12.2 Å².